The number of tetrazole rings is 1. The Morgan fingerprint density at radius 1 is 1.15 bits per heavy atom. The van der Waals surface area contributed by atoms with E-state index in [1.165, 1.54) is 26.1 Å². The third kappa shape index (κ3) is 4.41. The van der Waals surface area contributed by atoms with Crippen molar-refractivity contribution in [1.82, 2.24) is 20.6 Å². The molecule has 166 valence electrons. The second-order valence-electron chi connectivity index (χ2n) is 8.07. The van der Waals surface area contributed by atoms with Gasteiger partial charge in [0.25, 0.3) is 0 Å². The largest absolute Gasteiger partial charge is 0.484 e. The van der Waals surface area contributed by atoms with E-state index >= 15 is 0 Å². The summed E-state index contributed by atoms with van der Waals surface area (Å²) in [5.74, 6) is 1.60. The number of thiophene rings is 1. The van der Waals surface area contributed by atoms with E-state index in [1.54, 1.807) is 0 Å². The molecule has 0 fully saturated rings. The summed E-state index contributed by atoms with van der Waals surface area (Å²) in [4.78, 5) is 12.3. The van der Waals surface area contributed by atoms with Crippen LogP contribution < -0.4 is 4.74 Å². The monoisotopic (exact) mass is 520 g/mol. The number of hydrogen-bond donors (Lipinski definition) is 1. The molecule has 33 heavy (non-hydrogen) atoms. The normalized spacial score (nSPS) is 12.3. The SMILES string of the molecule is CC(CC=O)Cc1c(-c2ccc3c(Br)c(OCc4nnn[nH]4)ccc3c2)sc2ccccc12. The first-order valence-electron chi connectivity index (χ1n) is 10.7. The minimum absolute atomic E-state index is 0.263. The molecule has 2 heterocycles. The van der Waals surface area contributed by atoms with Crippen molar-refractivity contribution in [1.29, 1.82) is 0 Å². The summed E-state index contributed by atoms with van der Waals surface area (Å²) in [6, 6.07) is 19.1. The van der Waals surface area contributed by atoms with Gasteiger partial charge in [-0.05, 0) is 84.2 Å². The molecule has 1 N–H and O–H groups in total. The number of aromatic nitrogens is 4. The summed E-state index contributed by atoms with van der Waals surface area (Å²) < 4.78 is 8.05. The van der Waals surface area contributed by atoms with Crippen LogP contribution in [0.3, 0.4) is 0 Å². The lowest BCUT2D eigenvalue weighted by Crippen LogP contribution is -2.01. The maximum absolute atomic E-state index is 11.1. The van der Waals surface area contributed by atoms with E-state index in [2.05, 4.69) is 92.0 Å². The van der Waals surface area contributed by atoms with Crippen molar-refractivity contribution in [3.05, 3.63) is 70.5 Å². The number of fused-ring (bicyclic) bond motifs is 2. The zero-order valence-electron chi connectivity index (χ0n) is 17.9. The predicted octanol–water partition coefficient (Wildman–Crippen LogP) is 6.34. The van der Waals surface area contributed by atoms with Gasteiger partial charge in [0.2, 0.25) is 0 Å². The fourth-order valence-corrected chi connectivity index (χ4v) is 5.88. The number of carbonyl (C=O) groups is 1. The summed E-state index contributed by atoms with van der Waals surface area (Å²) in [5.41, 5.74) is 2.51. The van der Waals surface area contributed by atoms with Gasteiger partial charge in [-0.2, -0.15) is 0 Å². The standard InChI is InChI=1S/C25H21BrN4O2S/c1-15(10-11-31)12-20-19-4-2-3-5-22(19)33-25(20)17-6-8-18-16(13-17)7-9-21(24(18)26)32-14-23-27-29-30-28-23/h2-9,11,13,15H,10,12,14H2,1H3,(H,27,28,29,30). The van der Waals surface area contributed by atoms with Gasteiger partial charge in [0.05, 0.1) is 4.47 Å². The number of rotatable bonds is 8. The van der Waals surface area contributed by atoms with Gasteiger partial charge in [-0.1, -0.05) is 43.3 Å². The van der Waals surface area contributed by atoms with Gasteiger partial charge in [0, 0.05) is 16.0 Å². The Morgan fingerprint density at radius 3 is 2.85 bits per heavy atom. The second-order valence-corrected chi connectivity index (χ2v) is 9.91. The molecule has 6 nitrogen and oxygen atoms in total. The van der Waals surface area contributed by atoms with Crippen LogP contribution in [0.15, 0.2) is 59.1 Å². The topological polar surface area (TPSA) is 80.8 Å². The van der Waals surface area contributed by atoms with Crippen LogP contribution in [-0.2, 0) is 17.8 Å². The minimum atomic E-state index is 0.263. The molecule has 1 unspecified atom stereocenters. The van der Waals surface area contributed by atoms with Crippen LogP contribution in [0.2, 0.25) is 0 Å². The van der Waals surface area contributed by atoms with Gasteiger partial charge >= 0.3 is 0 Å². The molecule has 0 aliphatic carbocycles. The summed E-state index contributed by atoms with van der Waals surface area (Å²) in [5, 5.41) is 17.2. The van der Waals surface area contributed by atoms with E-state index in [0.717, 1.165) is 33.7 Å². The maximum atomic E-state index is 11.1. The van der Waals surface area contributed by atoms with Gasteiger partial charge in [0.15, 0.2) is 5.82 Å². The molecule has 0 aliphatic heterocycles. The Hall–Kier alpha value is -3.10. The number of aromatic amines is 1. The highest BCUT2D eigenvalue weighted by Crippen LogP contribution is 2.42. The van der Waals surface area contributed by atoms with Crippen molar-refractivity contribution in [2.75, 3.05) is 0 Å². The highest BCUT2D eigenvalue weighted by molar-refractivity contribution is 9.10. The fraction of sp³-hybridized carbons (Fsp3) is 0.200. The first kappa shape index (κ1) is 21.7. The Morgan fingerprint density at radius 2 is 2.03 bits per heavy atom. The number of H-pyrrole nitrogens is 1. The van der Waals surface area contributed by atoms with E-state index in [9.17, 15) is 4.79 Å². The molecule has 0 saturated carbocycles. The molecule has 2 aromatic heterocycles. The summed E-state index contributed by atoms with van der Waals surface area (Å²) in [6.07, 6.45) is 2.47. The minimum Gasteiger partial charge on any atom is -0.484 e. The molecule has 0 aliphatic rings. The van der Waals surface area contributed by atoms with Gasteiger partial charge in [-0.25, -0.2) is 5.10 Å². The Balaban J connectivity index is 1.52. The lowest BCUT2D eigenvalue weighted by Gasteiger charge is -2.12. The molecule has 5 rings (SSSR count). The molecule has 8 heteroatoms. The average molecular weight is 521 g/mol. The van der Waals surface area contributed by atoms with Crippen LogP contribution in [0.4, 0.5) is 0 Å². The van der Waals surface area contributed by atoms with E-state index < -0.39 is 0 Å². The Labute approximate surface area is 203 Å². The number of hydrogen-bond acceptors (Lipinski definition) is 6. The van der Waals surface area contributed by atoms with Crippen LogP contribution in [0, 0.1) is 5.92 Å². The lowest BCUT2D eigenvalue weighted by atomic mass is 9.94. The molecule has 1 atom stereocenters. The van der Waals surface area contributed by atoms with Crippen molar-refractivity contribution in [3.8, 4) is 16.2 Å². The van der Waals surface area contributed by atoms with Gasteiger partial charge in [-0.3, -0.25) is 0 Å². The molecule has 0 amide bonds. The predicted molar refractivity (Wildman–Crippen MR) is 135 cm³/mol. The van der Waals surface area contributed by atoms with Crippen molar-refractivity contribution < 1.29 is 9.53 Å². The third-order valence-corrected chi connectivity index (χ3v) is 7.76. The lowest BCUT2D eigenvalue weighted by molar-refractivity contribution is -0.108. The quantitative estimate of drug-likeness (QED) is 0.241. The first-order valence-corrected chi connectivity index (χ1v) is 12.3. The van der Waals surface area contributed by atoms with Crippen LogP contribution in [0.1, 0.15) is 24.7 Å². The molecule has 0 bridgehead atoms. The smallest absolute Gasteiger partial charge is 0.186 e. The number of halogens is 1. The molecule has 5 aromatic rings. The zero-order chi connectivity index (χ0) is 22.8. The van der Waals surface area contributed by atoms with Gasteiger partial charge in [0.1, 0.15) is 18.6 Å². The maximum Gasteiger partial charge on any atom is 0.186 e. The highest BCUT2D eigenvalue weighted by Gasteiger charge is 2.17. The second kappa shape index (κ2) is 9.41. The molecule has 0 spiro atoms. The number of carbonyl (C=O) groups excluding carboxylic acids is 1. The van der Waals surface area contributed by atoms with Crippen molar-refractivity contribution >= 4 is 54.4 Å². The van der Waals surface area contributed by atoms with Crippen LogP contribution >= 0.6 is 27.3 Å². The molecule has 0 radical (unpaired) electrons. The van der Waals surface area contributed by atoms with Crippen LogP contribution in [0.25, 0.3) is 31.3 Å². The number of aldehydes is 1. The Kier molecular flexibility index (Phi) is 6.20. The fourth-order valence-electron chi connectivity index (χ4n) is 4.04. The Bertz CT molecular complexity index is 1430. The molecule has 3 aromatic carbocycles. The van der Waals surface area contributed by atoms with Crippen LogP contribution in [-0.4, -0.2) is 26.9 Å². The number of benzene rings is 3. The summed E-state index contributed by atoms with van der Waals surface area (Å²) in [6.45, 7) is 2.40. The molecular weight excluding hydrogens is 500 g/mol. The van der Waals surface area contributed by atoms with E-state index in [4.69, 9.17) is 4.74 Å². The molecular formula is C25H21BrN4O2S. The van der Waals surface area contributed by atoms with E-state index in [-0.39, 0.29) is 6.61 Å². The number of nitrogens with zero attached hydrogens (tertiary/aromatic N) is 3. The van der Waals surface area contributed by atoms with Crippen molar-refractivity contribution in [2.24, 2.45) is 5.92 Å². The zero-order valence-corrected chi connectivity index (χ0v) is 20.3. The van der Waals surface area contributed by atoms with Crippen LogP contribution in [0.5, 0.6) is 5.75 Å². The molecule has 0 saturated heterocycles. The average Bonchev–Trinajstić information content (AvgIpc) is 3.47. The summed E-state index contributed by atoms with van der Waals surface area (Å²) in [7, 11) is 0. The van der Waals surface area contributed by atoms with Gasteiger partial charge in [-0.15, -0.1) is 16.4 Å². The van der Waals surface area contributed by atoms with Crippen molar-refractivity contribution in [3.63, 3.8) is 0 Å². The number of ether oxygens (including phenoxy) is 1. The summed E-state index contributed by atoms with van der Waals surface area (Å²) >= 11 is 5.51. The number of nitrogens with one attached hydrogen (secondary N) is 1. The first-order chi connectivity index (χ1) is 16.1. The van der Waals surface area contributed by atoms with Crippen molar-refractivity contribution in [2.45, 2.75) is 26.4 Å². The van der Waals surface area contributed by atoms with Gasteiger partial charge < -0.3 is 9.53 Å². The van der Waals surface area contributed by atoms with E-state index in [0.29, 0.717) is 18.2 Å². The third-order valence-electron chi connectivity index (χ3n) is 5.68. The van der Waals surface area contributed by atoms with E-state index in [1.807, 2.05) is 17.4 Å². The highest BCUT2D eigenvalue weighted by atomic mass is 79.9.